The van der Waals surface area contributed by atoms with Gasteiger partial charge in [0.15, 0.2) is 5.69 Å². The number of thioether (sulfide) groups is 1. The largest absolute Gasteiger partial charge is 0.319 e. The fourth-order valence-corrected chi connectivity index (χ4v) is 5.72. The number of alkyl halides is 1. The van der Waals surface area contributed by atoms with E-state index in [0.717, 1.165) is 0 Å². The first-order valence-electron chi connectivity index (χ1n) is 12.3. The summed E-state index contributed by atoms with van der Waals surface area (Å²) in [5, 5.41) is 4.27. The minimum Gasteiger partial charge on any atom is -0.319 e. The summed E-state index contributed by atoms with van der Waals surface area (Å²) in [4.78, 5) is 2.25. The van der Waals surface area contributed by atoms with E-state index in [4.69, 9.17) is 0 Å². The zero-order valence-electron chi connectivity index (χ0n) is 21.1. The van der Waals surface area contributed by atoms with Crippen LogP contribution in [0.3, 0.4) is 0 Å². The second kappa shape index (κ2) is 10.7. The predicted molar refractivity (Wildman–Crippen MR) is 163 cm³/mol. The molecule has 0 N–H and O–H groups in total. The third kappa shape index (κ3) is 4.78. The number of rotatable bonds is 6. The van der Waals surface area contributed by atoms with Crippen molar-refractivity contribution in [1.82, 2.24) is 4.57 Å². The Kier molecular flexibility index (Phi) is 7.39. The maximum atomic E-state index is 2.56. The molecule has 0 bridgehead atoms. The fourth-order valence-electron chi connectivity index (χ4n) is 4.75. The van der Waals surface area contributed by atoms with Crippen LogP contribution in [0.15, 0.2) is 102 Å². The molecule has 1 unspecified atom stereocenters. The number of benzene rings is 3. The van der Waals surface area contributed by atoms with Crippen molar-refractivity contribution in [2.75, 3.05) is 4.90 Å². The van der Waals surface area contributed by atoms with Gasteiger partial charge in [-0.15, -0.1) is 11.8 Å². The number of hydrogen-bond donors (Lipinski definition) is 0. The Morgan fingerprint density at radius 3 is 2.22 bits per heavy atom. The van der Waals surface area contributed by atoms with Crippen LogP contribution >= 0.6 is 34.4 Å². The maximum Gasteiger partial charge on any atom is 0.294 e. The Balaban J connectivity index is 1.85. The zero-order valence-corrected chi connectivity index (χ0v) is 24.1. The van der Waals surface area contributed by atoms with Gasteiger partial charge in [0, 0.05) is 21.9 Å². The van der Waals surface area contributed by atoms with E-state index in [1.807, 2.05) is 0 Å². The average molecular weight is 605 g/mol. The first-order valence-corrected chi connectivity index (χ1v) is 14.5. The summed E-state index contributed by atoms with van der Waals surface area (Å²) in [5.74, 6) is 1.20. The molecule has 3 aromatic carbocycles. The lowest BCUT2D eigenvalue weighted by atomic mass is 9.98. The van der Waals surface area contributed by atoms with E-state index in [9.17, 15) is 0 Å². The zero-order chi connectivity index (χ0) is 25.2. The van der Waals surface area contributed by atoms with Gasteiger partial charge < -0.3 is 4.90 Å². The van der Waals surface area contributed by atoms with E-state index < -0.39 is 0 Å². The molecule has 1 aliphatic heterocycles. The van der Waals surface area contributed by atoms with E-state index in [1.54, 1.807) is 11.8 Å². The summed E-state index contributed by atoms with van der Waals surface area (Å²) in [6.45, 7) is 8.98. The van der Waals surface area contributed by atoms with Gasteiger partial charge in [-0.25, -0.2) is 4.57 Å². The summed E-state index contributed by atoms with van der Waals surface area (Å²) in [6, 6.07) is 24.4. The number of imidazole rings is 1. The van der Waals surface area contributed by atoms with Crippen molar-refractivity contribution in [3.63, 3.8) is 0 Å². The number of hydrogen-bond acceptors (Lipinski definition) is 2. The Morgan fingerprint density at radius 1 is 0.861 bits per heavy atom. The molecule has 0 saturated heterocycles. The van der Waals surface area contributed by atoms with Crippen LogP contribution in [0.25, 0.3) is 28.2 Å². The van der Waals surface area contributed by atoms with Crippen LogP contribution < -0.4 is 9.47 Å². The van der Waals surface area contributed by atoms with E-state index in [-0.39, 0.29) is 0 Å². The number of halogens is 1. The number of aromatic nitrogens is 2. The molecule has 0 saturated carbocycles. The SMILES string of the molecule is Cc1ccccc1-c1n(-c2c(C(C)I)cc(-c3ccccc3)cc2N2C=CSC=C2)cc[n+]1C(C)C. The molecule has 0 aliphatic carbocycles. The van der Waals surface area contributed by atoms with Gasteiger partial charge in [-0.05, 0) is 73.4 Å². The highest BCUT2D eigenvalue weighted by Crippen LogP contribution is 2.42. The Morgan fingerprint density at radius 2 is 1.56 bits per heavy atom. The maximum absolute atomic E-state index is 2.56. The Bertz CT molecular complexity index is 1420. The van der Waals surface area contributed by atoms with Gasteiger partial charge in [-0.3, -0.25) is 0 Å². The monoisotopic (exact) mass is 604 g/mol. The molecule has 2 heterocycles. The first kappa shape index (κ1) is 24.9. The molecular formula is C31H31IN3S+. The summed E-state index contributed by atoms with van der Waals surface area (Å²) in [7, 11) is 0. The minimum absolute atomic E-state index is 0.312. The van der Waals surface area contributed by atoms with Crippen molar-refractivity contribution in [2.45, 2.75) is 37.7 Å². The smallest absolute Gasteiger partial charge is 0.294 e. The summed E-state index contributed by atoms with van der Waals surface area (Å²) < 4.78 is 5.10. The lowest BCUT2D eigenvalue weighted by Crippen LogP contribution is -2.37. The summed E-state index contributed by atoms with van der Waals surface area (Å²) in [5.41, 5.74) is 8.68. The van der Waals surface area contributed by atoms with E-state index in [0.29, 0.717) is 9.97 Å². The van der Waals surface area contributed by atoms with Crippen LogP contribution in [-0.4, -0.2) is 4.57 Å². The number of aryl methyl sites for hydroxylation is 1. The van der Waals surface area contributed by atoms with E-state index in [1.165, 1.54) is 45.0 Å². The third-order valence-corrected chi connectivity index (χ3v) is 7.79. The van der Waals surface area contributed by atoms with Crippen LogP contribution in [0.5, 0.6) is 0 Å². The van der Waals surface area contributed by atoms with Crippen LogP contribution in [0.4, 0.5) is 5.69 Å². The molecule has 5 rings (SSSR count). The van der Waals surface area contributed by atoms with Gasteiger partial charge in [0.1, 0.15) is 12.4 Å². The van der Waals surface area contributed by atoms with Gasteiger partial charge in [-0.2, -0.15) is 4.57 Å². The number of nitrogens with zero attached hydrogens (tertiary/aromatic N) is 3. The van der Waals surface area contributed by atoms with Crippen LogP contribution in [-0.2, 0) is 0 Å². The van der Waals surface area contributed by atoms with Crippen molar-refractivity contribution < 1.29 is 4.57 Å². The predicted octanol–water partition coefficient (Wildman–Crippen LogP) is 8.98. The lowest BCUT2D eigenvalue weighted by Gasteiger charge is -2.24. The van der Waals surface area contributed by atoms with Gasteiger partial charge in [0.25, 0.3) is 5.82 Å². The minimum atomic E-state index is 0.312. The van der Waals surface area contributed by atoms with Gasteiger partial charge in [0.2, 0.25) is 0 Å². The van der Waals surface area contributed by atoms with Crippen molar-refractivity contribution >= 4 is 40.0 Å². The van der Waals surface area contributed by atoms with Crippen LogP contribution in [0.2, 0.25) is 0 Å². The Hall–Kier alpha value is -2.77. The number of anilines is 1. The third-order valence-electron chi connectivity index (χ3n) is 6.57. The molecule has 0 spiro atoms. The van der Waals surface area contributed by atoms with Crippen molar-refractivity contribution in [3.8, 4) is 28.2 Å². The standard InChI is InChI=1S/C31H31IN3S/c1-22(2)34-14-15-35(31(34)27-13-9-8-10-23(27)3)30-28(24(4)32)20-26(25-11-6-5-7-12-25)21-29(30)33-16-18-36-19-17-33/h5-22,24H,1-4H3/q+1. The molecule has 1 aliphatic rings. The van der Waals surface area contributed by atoms with Crippen molar-refractivity contribution in [3.05, 3.63) is 113 Å². The topological polar surface area (TPSA) is 12.1 Å². The highest BCUT2D eigenvalue weighted by molar-refractivity contribution is 14.1. The molecule has 5 heteroatoms. The molecule has 36 heavy (non-hydrogen) atoms. The van der Waals surface area contributed by atoms with Crippen LogP contribution in [0, 0.1) is 6.92 Å². The molecule has 1 aromatic heterocycles. The van der Waals surface area contributed by atoms with Crippen molar-refractivity contribution in [1.29, 1.82) is 0 Å². The highest BCUT2D eigenvalue weighted by atomic mass is 127. The molecule has 4 aromatic rings. The second-order valence-electron chi connectivity index (χ2n) is 9.34. The average Bonchev–Trinajstić information content (AvgIpc) is 3.34. The van der Waals surface area contributed by atoms with Gasteiger partial charge in [0.05, 0.1) is 17.3 Å². The molecular weight excluding hydrogens is 573 g/mol. The van der Waals surface area contributed by atoms with E-state index in [2.05, 4.69) is 167 Å². The fraction of sp³-hybridized carbons (Fsp3) is 0.194. The van der Waals surface area contributed by atoms with Crippen LogP contribution in [0.1, 0.15) is 41.9 Å². The molecule has 0 amide bonds. The van der Waals surface area contributed by atoms with Gasteiger partial charge >= 0.3 is 0 Å². The quantitative estimate of drug-likeness (QED) is 0.124. The normalized spacial score (nSPS) is 14.0. The van der Waals surface area contributed by atoms with Gasteiger partial charge in [-0.1, -0.05) is 71.1 Å². The molecule has 182 valence electrons. The Labute approximate surface area is 232 Å². The second-order valence-corrected chi connectivity index (χ2v) is 12.0. The van der Waals surface area contributed by atoms with Crippen molar-refractivity contribution in [2.24, 2.45) is 0 Å². The van der Waals surface area contributed by atoms with E-state index >= 15 is 0 Å². The summed E-state index contributed by atoms with van der Waals surface area (Å²) in [6.07, 6.45) is 8.78. The first-order chi connectivity index (χ1) is 17.5. The molecule has 3 nitrogen and oxygen atoms in total. The molecule has 0 radical (unpaired) electrons. The molecule has 0 fully saturated rings. The lowest BCUT2D eigenvalue weighted by molar-refractivity contribution is -0.704. The highest BCUT2D eigenvalue weighted by Gasteiger charge is 2.30. The summed E-state index contributed by atoms with van der Waals surface area (Å²) >= 11 is 4.26. The molecule has 1 atom stereocenters.